The summed E-state index contributed by atoms with van der Waals surface area (Å²) in [4.78, 5) is 23.2. The van der Waals surface area contributed by atoms with E-state index in [-0.39, 0.29) is 17.7 Å². The van der Waals surface area contributed by atoms with Gasteiger partial charge in [0.1, 0.15) is 11.6 Å². The van der Waals surface area contributed by atoms with Crippen molar-refractivity contribution in [3.05, 3.63) is 53.5 Å². The molecule has 1 aromatic carbocycles. The van der Waals surface area contributed by atoms with Crippen LogP contribution in [0.2, 0.25) is 0 Å². The number of aryl methyl sites for hydroxylation is 1. The van der Waals surface area contributed by atoms with E-state index in [0.717, 1.165) is 6.07 Å². The van der Waals surface area contributed by atoms with Crippen molar-refractivity contribution in [3.8, 4) is 11.4 Å². The Morgan fingerprint density at radius 1 is 0.971 bits per heavy atom. The highest BCUT2D eigenvalue weighted by Crippen LogP contribution is 2.35. The number of piperazine rings is 1. The lowest BCUT2D eigenvalue weighted by Crippen LogP contribution is -2.48. The van der Waals surface area contributed by atoms with E-state index in [0.29, 0.717) is 55.0 Å². The van der Waals surface area contributed by atoms with Gasteiger partial charge >= 0.3 is 6.18 Å². The van der Waals surface area contributed by atoms with Crippen molar-refractivity contribution in [1.82, 2.24) is 19.9 Å². The number of alkyl halides is 3. The van der Waals surface area contributed by atoms with Crippen LogP contribution in [-0.4, -0.2) is 59.2 Å². The molecule has 0 N–H and O–H groups in total. The number of nitrogens with zero attached hydrogens (tertiary/aromatic N) is 7. The van der Waals surface area contributed by atoms with E-state index in [4.69, 9.17) is 0 Å². The molecule has 186 valence electrons. The third-order valence-corrected chi connectivity index (χ3v) is 6.09. The molecular formula is C24H27F4N7. The molecule has 1 fully saturated rings. The first-order valence-corrected chi connectivity index (χ1v) is 11.3. The Balaban J connectivity index is 1.63. The van der Waals surface area contributed by atoms with Gasteiger partial charge < -0.3 is 14.7 Å². The van der Waals surface area contributed by atoms with Gasteiger partial charge in [0.2, 0.25) is 11.9 Å². The van der Waals surface area contributed by atoms with Gasteiger partial charge in [-0.25, -0.2) is 9.37 Å². The normalized spacial score (nSPS) is 14.5. The molecule has 0 saturated carbocycles. The Morgan fingerprint density at radius 3 is 2.29 bits per heavy atom. The molecule has 0 amide bonds. The summed E-state index contributed by atoms with van der Waals surface area (Å²) in [5.41, 5.74) is 0.293. The van der Waals surface area contributed by atoms with Gasteiger partial charge in [-0.3, -0.25) is 0 Å². The van der Waals surface area contributed by atoms with E-state index < -0.39 is 11.7 Å². The second-order valence-corrected chi connectivity index (χ2v) is 8.77. The van der Waals surface area contributed by atoms with E-state index in [2.05, 4.69) is 19.9 Å². The van der Waals surface area contributed by atoms with Gasteiger partial charge in [0.05, 0.1) is 5.56 Å². The standard InChI is InChI=1S/C24H27F4N7/c1-15(2)33(4)22-30-20(17-8-7-16(3)19(25)14-17)31-23(32-22)35-12-10-34(11-13-35)21-18(24(26,27)28)6-5-9-29-21/h5-9,14-15H,10-13H2,1-4H3. The quantitative estimate of drug-likeness (QED) is 0.487. The maximum Gasteiger partial charge on any atom is 0.419 e. The Bertz CT molecular complexity index is 1190. The van der Waals surface area contributed by atoms with Gasteiger partial charge in [0.15, 0.2) is 5.82 Å². The summed E-state index contributed by atoms with van der Waals surface area (Å²) in [5, 5.41) is 0. The Morgan fingerprint density at radius 2 is 1.66 bits per heavy atom. The van der Waals surface area contributed by atoms with Crippen molar-refractivity contribution < 1.29 is 17.6 Å². The molecule has 1 saturated heterocycles. The average molecular weight is 490 g/mol. The lowest BCUT2D eigenvalue weighted by atomic mass is 10.1. The zero-order valence-corrected chi connectivity index (χ0v) is 20.0. The number of rotatable bonds is 5. The summed E-state index contributed by atoms with van der Waals surface area (Å²) in [6.45, 7) is 7.10. The SMILES string of the molecule is Cc1ccc(-c2nc(N3CCN(c4ncccc4C(F)(F)F)CC3)nc(N(C)C(C)C)n2)cc1F. The van der Waals surface area contributed by atoms with E-state index in [1.807, 2.05) is 30.7 Å². The minimum absolute atomic E-state index is 0.0775. The van der Waals surface area contributed by atoms with Gasteiger partial charge in [0, 0.05) is 51.0 Å². The lowest BCUT2D eigenvalue weighted by molar-refractivity contribution is -0.137. The van der Waals surface area contributed by atoms with E-state index >= 15 is 0 Å². The molecule has 0 spiro atoms. The number of benzene rings is 1. The van der Waals surface area contributed by atoms with Gasteiger partial charge in [-0.2, -0.15) is 28.1 Å². The van der Waals surface area contributed by atoms with Crippen LogP contribution in [-0.2, 0) is 6.18 Å². The zero-order valence-electron chi connectivity index (χ0n) is 20.0. The summed E-state index contributed by atoms with van der Waals surface area (Å²) >= 11 is 0. The molecule has 0 bridgehead atoms. The van der Waals surface area contributed by atoms with Gasteiger partial charge in [-0.05, 0) is 44.5 Å². The number of hydrogen-bond donors (Lipinski definition) is 0. The van der Waals surface area contributed by atoms with Crippen molar-refractivity contribution in [2.75, 3.05) is 47.9 Å². The molecule has 35 heavy (non-hydrogen) atoms. The topological polar surface area (TPSA) is 61.3 Å². The average Bonchev–Trinajstić information content (AvgIpc) is 2.84. The van der Waals surface area contributed by atoms with Gasteiger partial charge in [-0.15, -0.1) is 0 Å². The summed E-state index contributed by atoms with van der Waals surface area (Å²) in [6, 6.07) is 7.26. The molecule has 1 aliphatic heterocycles. The van der Waals surface area contributed by atoms with E-state index in [1.54, 1.807) is 24.0 Å². The maximum absolute atomic E-state index is 14.2. The molecule has 1 aliphatic rings. The Hall–Kier alpha value is -3.50. The summed E-state index contributed by atoms with van der Waals surface area (Å²) in [7, 11) is 1.86. The Kier molecular flexibility index (Phi) is 6.77. The second kappa shape index (κ2) is 9.63. The molecule has 7 nitrogen and oxygen atoms in total. The molecule has 4 rings (SSSR count). The summed E-state index contributed by atoms with van der Waals surface area (Å²) in [5.74, 6) is 0.740. The van der Waals surface area contributed by atoms with Crippen LogP contribution in [0.1, 0.15) is 25.0 Å². The third kappa shape index (κ3) is 5.28. The molecule has 0 atom stereocenters. The van der Waals surface area contributed by atoms with Crippen LogP contribution in [0.5, 0.6) is 0 Å². The summed E-state index contributed by atoms with van der Waals surface area (Å²) < 4.78 is 54.6. The third-order valence-electron chi connectivity index (χ3n) is 6.09. The zero-order chi connectivity index (χ0) is 25.3. The van der Waals surface area contributed by atoms with Crippen LogP contribution >= 0.6 is 0 Å². The molecule has 0 aliphatic carbocycles. The number of hydrogen-bond acceptors (Lipinski definition) is 7. The first kappa shape index (κ1) is 24.6. The van der Waals surface area contributed by atoms with Crippen molar-refractivity contribution in [2.24, 2.45) is 0 Å². The monoisotopic (exact) mass is 489 g/mol. The number of pyridine rings is 1. The number of aromatic nitrogens is 4. The molecule has 11 heteroatoms. The smallest absolute Gasteiger partial charge is 0.353 e. The number of anilines is 3. The predicted molar refractivity (Wildman–Crippen MR) is 127 cm³/mol. The van der Waals surface area contributed by atoms with Crippen LogP contribution in [0, 0.1) is 12.7 Å². The summed E-state index contributed by atoms with van der Waals surface area (Å²) in [6.07, 6.45) is -3.12. The fraction of sp³-hybridized carbons (Fsp3) is 0.417. The fourth-order valence-corrected chi connectivity index (χ4v) is 3.73. The van der Waals surface area contributed by atoms with Gasteiger partial charge in [-0.1, -0.05) is 12.1 Å². The molecule has 3 heterocycles. The molecular weight excluding hydrogens is 462 g/mol. The highest BCUT2D eigenvalue weighted by Gasteiger charge is 2.36. The van der Waals surface area contributed by atoms with E-state index in [1.165, 1.54) is 18.3 Å². The van der Waals surface area contributed by atoms with Crippen LogP contribution in [0.15, 0.2) is 36.5 Å². The Labute approximate surface area is 201 Å². The second-order valence-electron chi connectivity index (χ2n) is 8.77. The lowest BCUT2D eigenvalue weighted by Gasteiger charge is -2.36. The van der Waals surface area contributed by atoms with Crippen LogP contribution in [0.4, 0.5) is 35.3 Å². The van der Waals surface area contributed by atoms with Crippen molar-refractivity contribution in [2.45, 2.75) is 33.0 Å². The van der Waals surface area contributed by atoms with Crippen LogP contribution in [0.25, 0.3) is 11.4 Å². The minimum Gasteiger partial charge on any atom is -0.353 e. The predicted octanol–water partition coefficient (Wildman–Crippen LogP) is 4.57. The largest absolute Gasteiger partial charge is 0.419 e. The minimum atomic E-state index is -4.48. The first-order valence-electron chi connectivity index (χ1n) is 11.3. The number of halogens is 4. The molecule has 3 aromatic rings. The van der Waals surface area contributed by atoms with Crippen molar-refractivity contribution in [1.29, 1.82) is 0 Å². The van der Waals surface area contributed by atoms with Crippen LogP contribution in [0.3, 0.4) is 0 Å². The molecule has 0 radical (unpaired) electrons. The van der Waals surface area contributed by atoms with Gasteiger partial charge in [0.25, 0.3) is 0 Å². The first-order chi connectivity index (χ1) is 16.5. The maximum atomic E-state index is 14.2. The fourth-order valence-electron chi connectivity index (χ4n) is 3.73. The van der Waals surface area contributed by atoms with E-state index in [9.17, 15) is 17.6 Å². The highest BCUT2D eigenvalue weighted by molar-refractivity contribution is 5.60. The van der Waals surface area contributed by atoms with Crippen molar-refractivity contribution >= 4 is 17.7 Å². The van der Waals surface area contributed by atoms with Crippen molar-refractivity contribution in [3.63, 3.8) is 0 Å². The molecule has 0 unspecified atom stereocenters. The highest BCUT2D eigenvalue weighted by atomic mass is 19.4. The van der Waals surface area contributed by atoms with Crippen LogP contribution < -0.4 is 14.7 Å². The molecule has 2 aromatic heterocycles.